The number of hydrogen-bond donors (Lipinski definition) is 1. The fourth-order valence-corrected chi connectivity index (χ4v) is 2.18. The Labute approximate surface area is 107 Å². The highest BCUT2D eigenvalue weighted by Crippen LogP contribution is 2.24. The molecule has 17 heavy (non-hydrogen) atoms. The van der Waals surface area contributed by atoms with E-state index in [1.54, 1.807) is 6.20 Å². The zero-order chi connectivity index (χ0) is 12.4. The third kappa shape index (κ3) is 2.70. The number of nitrogens with zero attached hydrogens (tertiary/aromatic N) is 2. The highest BCUT2D eigenvalue weighted by atomic mass is 35.5. The van der Waals surface area contributed by atoms with Gasteiger partial charge in [-0.1, -0.05) is 11.6 Å². The number of hydrogen-bond acceptors (Lipinski definition) is 4. The minimum absolute atomic E-state index is 0.227. The lowest BCUT2D eigenvalue weighted by Gasteiger charge is -2.37. The Bertz CT molecular complexity index is 399. The molecule has 0 radical (unpaired) electrons. The Balaban J connectivity index is 2.26. The molecule has 1 saturated heterocycles. The summed E-state index contributed by atoms with van der Waals surface area (Å²) in [4.78, 5) is 6.62. The number of halogens is 1. The quantitative estimate of drug-likeness (QED) is 0.876. The lowest BCUT2D eigenvalue weighted by molar-refractivity contribution is 0.0340. The maximum Gasteiger partial charge on any atom is 0.129 e. The SMILES string of the molecule is CC1CN(c2cc(CN)c(Cl)cn2)C(C)CO1. The van der Waals surface area contributed by atoms with E-state index < -0.39 is 0 Å². The average molecular weight is 256 g/mol. The first-order valence-electron chi connectivity index (χ1n) is 5.84. The summed E-state index contributed by atoms with van der Waals surface area (Å²) in [5.41, 5.74) is 6.59. The standard InChI is InChI=1S/C12H18ClN3O/c1-8-7-17-9(2)6-16(8)12-3-10(4-14)11(13)5-15-12/h3,5,8-9H,4,6-7,14H2,1-2H3. The van der Waals surface area contributed by atoms with Gasteiger partial charge in [-0.05, 0) is 25.5 Å². The number of morpholine rings is 1. The molecule has 1 aliphatic heterocycles. The Kier molecular flexibility index (Phi) is 3.86. The largest absolute Gasteiger partial charge is 0.375 e. The van der Waals surface area contributed by atoms with E-state index in [0.717, 1.165) is 24.5 Å². The summed E-state index contributed by atoms with van der Waals surface area (Å²) >= 11 is 6.01. The molecular weight excluding hydrogens is 238 g/mol. The van der Waals surface area contributed by atoms with Crippen LogP contribution in [0, 0.1) is 0 Å². The van der Waals surface area contributed by atoms with Gasteiger partial charge in [0.2, 0.25) is 0 Å². The van der Waals surface area contributed by atoms with Crippen molar-refractivity contribution >= 4 is 17.4 Å². The van der Waals surface area contributed by atoms with E-state index in [0.29, 0.717) is 17.6 Å². The Morgan fingerprint density at radius 1 is 1.59 bits per heavy atom. The maximum absolute atomic E-state index is 6.01. The number of rotatable bonds is 2. The van der Waals surface area contributed by atoms with Crippen molar-refractivity contribution in [2.45, 2.75) is 32.5 Å². The molecule has 2 N–H and O–H groups in total. The fraction of sp³-hybridized carbons (Fsp3) is 0.583. The van der Waals surface area contributed by atoms with Crippen LogP contribution in [-0.2, 0) is 11.3 Å². The average Bonchev–Trinajstić information content (AvgIpc) is 2.33. The van der Waals surface area contributed by atoms with Crippen LogP contribution in [0.1, 0.15) is 19.4 Å². The van der Waals surface area contributed by atoms with E-state index in [1.165, 1.54) is 0 Å². The third-order valence-electron chi connectivity index (χ3n) is 3.04. The molecule has 5 heteroatoms. The van der Waals surface area contributed by atoms with Crippen LogP contribution in [0.15, 0.2) is 12.3 Å². The maximum atomic E-state index is 6.01. The van der Waals surface area contributed by atoms with Crippen LogP contribution in [0.4, 0.5) is 5.82 Å². The van der Waals surface area contributed by atoms with Crippen LogP contribution in [0.5, 0.6) is 0 Å². The molecule has 1 aromatic rings. The van der Waals surface area contributed by atoms with Crippen LogP contribution in [0.25, 0.3) is 0 Å². The second kappa shape index (κ2) is 5.21. The van der Waals surface area contributed by atoms with Gasteiger partial charge in [-0.15, -0.1) is 0 Å². The van der Waals surface area contributed by atoms with Gasteiger partial charge in [0.05, 0.1) is 23.8 Å². The molecule has 2 unspecified atom stereocenters. The number of pyridine rings is 1. The minimum Gasteiger partial charge on any atom is -0.375 e. The van der Waals surface area contributed by atoms with E-state index in [2.05, 4.69) is 23.7 Å². The molecule has 4 nitrogen and oxygen atoms in total. The first kappa shape index (κ1) is 12.6. The molecule has 2 heterocycles. The summed E-state index contributed by atoms with van der Waals surface area (Å²) in [6, 6.07) is 2.29. The number of nitrogens with two attached hydrogens (primary N) is 1. The van der Waals surface area contributed by atoms with Gasteiger partial charge in [0, 0.05) is 19.3 Å². The summed E-state index contributed by atoms with van der Waals surface area (Å²) in [7, 11) is 0. The van der Waals surface area contributed by atoms with Gasteiger partial charge in [-0.25, -0.2) is 4.98 Å². The predicted octanol–water partition coefficient (Wildman–Crippen LogP) is 1.81. The van der Waals surface area contributed by atoms with Crippen molar-refractivity contribution in [3.05, 3.63) is 22.8 Å². The monoisotopic (exact) mass is 255 g/mol. The Hall–Kier alpha value is -0.840. The van der Waals surface area contributed by atoms with Gasteiger partial charge in [0.15, 0.2) is 0 Å². The molecule has 0 aliphatic carbocycles. The van der Waals surface area contributed by atoms with E-state index in [9.17, 15) is 0 Å². The normalized spacial score (nSPS) is 25.1. The van der Waals surface area contributed by atoms with Crippen molar-refractivity contribution in [1.82, 2.24) is 4.98 Å². The van der Waals surface area contributed by atoms with Gasteiger partial charge in [-0.3, -0.25) is 0 Å². The second-order valence-corrected chi connectivity index (χ2v) is 4.89. The summed E-state index contributed by atoms with van der Waals surface area (Å²) in [5.74, 6) is 0.928. The number of ether oxygens (including phenoxy) is 1. The van der Waals surface area contributed by atoms with Crippen molar-refractivity contribution in [3.8, 4) is 0 Å². The molecule has 0 bridgehead atoms. The lowest BCUT2D eigenvalue weighted by atomic mass is 10.2. The molecule has 0 amide bonds. The molecule has 2 rings (SSSR count). The molecule has 1 fully saturated rings. The Morgan fingerprint density at radius 2 is 2.35 bits per heavy atom. The van der Waals surface area contributed by atoms with E-state index in [-0.39, 0.29) is 6.10 Å². The molecular formula is C12H18ClN3O. The Morgan fingerprint density at radius 3 is 3.06 bits per heavy atom. The highest BCUT2D eigenvalue weighted by molar-refractivity contribution is 6.31. The first-order valence-corrected chi connectivity index (χ1v) is 6.22. The molecule has 1 aliphatic rings. The van der Waals surface area contributed by atoms with Crippen LogP contribution in [-0.4, -0.2) is 30.3 Å². The van der Waals surface area contributed by atoms with E-state index in [1.807, 2.05) is 6.07 Å². The van der Waals surface area contributed by atoms with Crippen molar-refractivity contribution < 1.29 is 4.74 Å². The summed E-state index contributed by atoms with van der Waals surface area (Å²) in [6.45, 7) is 6.20. The molecule has 2 atom stereocenters. The zero-order valence-electron chi connectivity index (χ0n) is 10.2. The molecule has 1 aromatic heterocycles. The van der Waals surface area contributed by atoms with Crippen molar-refractivity contribution in [1.29, 1.82) is 0 Å². The molecule has 94 valence electrons. The van der Waals surface area contributed by atoms with E-state index >= 15 is 0 Å². The van der Waals surface area contributed by atoms with Gasteiger partial charge >= 0.3 is 0 Å². The van der Waals surface area contributed by atoms with Gasteiger partial charge in [0.1, 0.15) is 5.82 Å². The van der Waals surface area contributed by atoms with Gasteiger partial charge in [-0.2, -0.15) is 0 Å². The van der Waals surface area contributed by atoms with Gasteiger partial charge < -0.3 is 15.4 Å². The topological polar surface area (TPSA) is 51.4 Å². The van der Waals surface area contributed by atoms with E-state index in [4.69, 9.17) is 22.1 Å². The van der Waals surface area contributed by atoms with Gasteiger partial charge in [0.25, 0.3) is 0 Å². The fourth-order valence-electron chi connectivity index (χ4n) is 2.00. The zero-order valence-corrected chi connectivity index (χ0v) is 10.9. The highest BCUT2D eigenvalue weighted by Gasteiger charge is 2.24. The van der Waals surface area contributed by atoms with Crippen LogP contribution >= 0.6 is 11.6 Å². The second-order valence-electron chi connectivity index (χ2n) is 4.48. The molecule has 0 saturated carbocycles. The summed E-state index contributed by atoms with van der Waals surface area (Å²) < 4.78 is 5.60. The summed E-state index contributed by atoms with van der Waals surface area (Å²) in [6.07, 6.45) is 1.90. The smallest absolute Gasteiger partial charge is 0.129 e. The van der Waals surface area contributed by atoms with Crippen LogP contribution in [0.2, 0.25) is 5.02 Å². The van der Waals surface area contributed by atoms with Crippen molar-refractivity contribution in [2.75, 3.05) is 18.1 Å². The minimum atomic E-state index is 0.227. The lowest BCUT2D eigenvalue weighted by Crippen LogP contribution is -2.47. The van der Waals surface area contributed by atoms with Crippen LogP contribution in [0.3, 0.4) is 0 Å². The number of anilines is 1. The molecule has 0 aromatic carbocycles. The summed E-state index contributed by atoms with van der Waals surface area (Å²) in [5, 5.41) is 0.630. The van der Waals surface area contributed by atoms with Crippen LogP contribution < -0.4 is 10.6 Å². The predicted molar refractivity (Wildman–Crippen MR) is 69.4 cm³/mol. The molecule has 0 spiro atoms. The third-order valence-corrected chi connectivity index (χ3v) is 3.38. The first-order chi connectivity index (χ1) is 8.11. The van der Waals surface area contributed by atoms with Crippen molar-refractivity contribution in [3.63, 3.8) is 0 Å². The van der Waals surface area contributed by atoms with Crippen molar-refractivity contribution in [2.24, 2.45) is 5.73 Å². The number of aromatic nitrogens is 1.